The Morgan fingerprint density at radius 3 is 0.625 bits per heavy atom. The molecule has 0 saturated heterocycles. The molecule has 0 amide bonds. The molecule has 4 radical (unpaired) electrons. The summed E-state index contributed by atoms with van der Waals surface area (Å²) in [5.41, 5.74) is 0. The van der Waals surface area contributed by atoms with E-state index in [4.69, 9.17) is 0 Å². The number of rotatable bonds is 2. The third-order valence-electron chi connectivity index (χ3n) is 0.500. The molecule has 0 fully saturated rings. The first-order valence-corrected chi connectivity index (χ1v) is 5.54. The van der Waals surface area contributed by atoms with Gasteiger partial charge in [-0.25, -0.2) is 0 Å². The van der Waals surface area contributed by atoms with Crippen molar-refractivity contribution in [2.75, 3.05) is 0 Å². The molecule has 0 aliphatic heterocycles. The van der Waals surface area contributed by atoms with Crippen LogP contribution in [0.15, 0.2) is 26.3 Å². The summed E-state index contributed by atoms with van der Waals surface area (Å²) < 4.78 is 0. The van der Waals surface area contributed by atoms with E-state index >= 15 is 0 Å². The van der Waals surface area contributed by atoms with Gasteiger partial charge in [0.05, 0.1) is 0 Å². The molecule has 0 aliphatic rings. The molecule has 0 aromatic rings. The zero-order chi connectivity index (χ0) is 14.2. The van der Waals surface area contributed by atoms with Gasteiger partial charge in [-0.3, -0.25) is 26.3 Å². The van der Waals surface area contributed by atoms with Crippen LogP contribution in [-0.2, 0) is 131 Å². The molecule has 0 aromatic heterocycles. The van der Waals surface area contributed by atoms with Crippen LogP contribution in [0.4, 0.5) is 0 Å². The molecule has 0 bridgehead atoms. The molecule has 0 aliphatic carbocycles. The first kappa shape index (κ1) is 92.3. The second kappa shape index (κ2) is 194. The Morgan fingerprint density at radius 2 is 0.625 bits per heavy atom. The molecule has 1 nitrogen and oxygen atoms in total. The molecule has 142 valence electrons. The SMILES string of the molecule is C=[C-]C.C=[C-]C.C=[C-]CC.C=[C-]CC.CC.O.[CH3-].[CH3-].[CH3-].[Y].[Y].[Y].[Y]. The van der Waals surface area contributed by atoms with Gasteiger partial charge in [0, 0.05) is 131 Å². The third kappa shape index (κ3) is 527. The Hall–Kier alpha value is 3.34. The van der Waals surface area contributed by atoms with Crippen molar-refractivity contribution in [3.05, 3.63) is 72.9 Å². The van der Waals surface area contributed by atoms with Crippen LogP contribution >= 0.6 is 0 Å². The number of hydrogen-bond acceptors (Lipinski definition) is 0. The monoisotopic (exact) mass is 641 g/mol. The number of allylic oxidation sites excluding steroid dienone is 4. The summed E-state index contributed by atoms with van der Waals surface area (Å²) in [6, 6.07) is 0. The van der Waals surface area contributed by atoms with Crippen LogP contribution in [-0.4, -0.2) is 5.48 Å². The summed E-state index contributed by atoms with van der Waals surface area (Å²) in [5, 5.41) is 0. The fourth-order valence-corrected chi connectivity index (χ4v) is 0. The second-order valence-electron chi connectivity index (χ2n) is 1.91. The van der Waals surface area contributed by atoms with E-state index in [2.05, 4.69) is 50.6 Å². The molecular weight excluding hydrogens is 600 g/mol. The standard InChI is InChI=1S/2C4H7.2C3H5.C2H6.3CH3.H2O.4Y/c2*1-3-4-2;2*1-3-2;1-2;;;;;;;;/h2*1,4H2,2H3;2*1H2,2H3;1-2H3;3*1H3;1H2;;;;/q4*-1;;3*-1;;;;;. The zero-order valence-corrected chi connectivity index (χ0v) is 29.4. The molecule has 0 saturated carbocycles. The first-order chi connectivity index (χ1) is 7.66. The van der Waals surface area contributed by atoms with E-state index in [9.17, 15) is 0 Å². The van der Waals surface area contributed by atoms with Crippen LogP contribution in [0.2, 0.25) is 0 Å². The van der Waals surface area contributed by atoms with Gasteiger partial charge in [0.25, 0.3) is 0 Å². The van der Waals surface area contributed by atoms with E-state index < -0.39 is 0 Å². The van der Waals surface area contributed by atoms with E-state index in [0.717, 1.165) is 12.8 Å². The van der Waals surface area contributed by atoms with Gasteiger partial charge < -0.3 is 52.1 Å². The predicted molar refractivity (Wildman–Crippen MR) is 102 cm³/mol. The second-order valence-corrected chi connectivity index (χ2v) is 1.91. The van der Waals surface area contributed by atoms with Gasteiger partial charge >= 0.3 is 0 Å². The average molecular weight is 641 g/mol. The third-order valence-corrected chi connectivity index (χ3v) is 0.500. The minimum absolute atomic E-state index is 0. The smallest absolute Gasteiger partial charge is 0 e. The maximum absolute atomic E-state index is 3.35. The van der Waals surface area contributed by atoms with Gasteiger partial charge in [0.2, 0.25) is 0 Å². The van der Waals surface area contributed by atoms with Crippen LogP contribution in [0.5, 0.6) is 0 Å². The summed E-state index contributed by atoms with van der Waals surface area (Å²) in [7, 11) is 0. The largest absolute Gasteiger partial charge is 0.507 e. The van der Waals surface area contributed by atoms with Crippen molar-refractivity contribution in [3.63, 3.8) is 0 Å². The molecule has 24 heavy (non-hydrogen) atoms. The van der Waals surface area contributed by atoms with Gasteiger partial charge in [0.15, 0.2) is 0 Å². The molecule has 0 aromatic carbocycles. The number of hydrogen-bond donors (Lipinski definition) is 0. The van der Waals surface area contributed by atoms with Crippen molar-refractivity contribution in [3.8, 4) is 0 Å². The Kier molecular flexibility index (Phi) is 746. The maximum Gasteiger partial charge on any atom is 0 e. The predicted octanol–water partition coefficient (Wildman–Crippen LogP) is 6.30. The summed E-state index contributed by atoms with van der Waals surface area (Å²) in [6.45, 7) is 24.7. The Balaban J connectivity index is -0.00000000536. The molecule has 0 spiro atoms. The molecular formula is C19H41OY4-7. The zero-order valence-electron chi connectivity index (χ0n) is 18.1. The van der Waals surface area contributed by atoms with E-state index in [1.807, 2.05) is 27.7 Å². The molecule has 0 heterocycles. The van der Waals surface area contributed by atoms with Gasteiger partial charge in [-0.05, 0) is 0 Å². The molecule has 2 N–H and O–H groups in total. The van der Waals surface area contributed by atoms with Crippen molar-refractivity contribution in [1.82, 2.24) is 0 Å². The van der Waals surface area contributed by atoms with Gasteiger partial charge in [-0.2, -0.15) is 26.7 Å². The van der Waals surface area contributed by atoms with Crippen LogP contribution < -0.4 is 0 Å². The topological polar surface area (TPSA) is 31.5 Å². The minimum Gasteiger partial charge on any atom is -0.507 e. The van der Waals surface area contributed by atoms with Crippen molar-refractivity contribution in [2.24, 2.45) is 0 Å². The van der Waals surface area contributed by atoms with E-state index in [-0.39, 0.29) is 159 Å². The maximum atomic E-state index is 3.35. The molecule has 0 unspecified atom stereocenters. The van der Waals surface area contributed by atoms with Gasteiger partial charge in [0.1, 0.15) is 0 Å². The summed E-state index contributed by atoms with van der Waals surface area (Å²) in [6.07, 6.45) is 12.3. The molecule has 0 atom stereocenters. The Morgan fingerprint density at radius 1 is 0.583 bits per heavy atom. The van der Waals surface area contributed by atoms with Gasteiger partial charge in [-0.15, -0.1) is 0 Å². The van der Waals surface area contributed by atoms with Crippen molar-refractivity contribution >= 4 is 0 Å². The normalized spacial score (nSPS) is 3.42. The van der Waals surface area contributed by atoms with Crippen molar-refractivity contribution < 1.29 is 136 Å². The van der Waals surface area contributed by atoms with E-state index in [0.29, 0.717) is 0 Å². The van der Waals surface area contributed by atoms with Crippen molar-refractivity contribution in [1.29, 1.82) is 0 Å². The fourth-order valence-electron chi connectivity index (χ4n) is 0. The molecule has 0 rings (SSSR count). The van der Waals surface area contributed by atoms with Crippen LogP contribution in [0.25, 0.3) is 0 Å². The Labute approximate surface area is 259 Å². The van der Waals surface area contributed by atoms with Gasteiger partial charge in [-0.1, -0.05) is 27.7 Å². The summed E-state index contributed by atoms with van der Waals surface area (Å²) in [5.74, 6) is 0. The summed E-state index contributed by atoms with van der Waals surface area (Å²) in [4.78, 5) is 0. The molecule has 5 heteroatoms. The minimum atomic E-state index is 0. The van der Waals surface area contributed by atoms with E-state index in [1.54, 1.807) is 13.8 Å². The van der Waals surface area contributed by atoms with Crippen LogP contribution in [0.1, 0.15) is 54.4 Å². The van der Waals surface area contributed by atoms with E-state index in [1.165, 1.54) is 0 Å². The van der Waals surface area contributed by atoms with Crippen LogP contribution in [0, 0.1) is 46.6 Å². The average Bonchev–Trinajstić information content (AvgIpc) is 2.33. The van der Waals surface area contributed by atoms with Crippen LogP contribution in [0.3, 0.4) is 0 Å². The Bertz CT molecular complexity index is 106. The van der Waals surface area contributed by atoms with Crippen molar-refractivity contribution in [2.45, 2.75) is 54.4 Å². The summed E-state index contributed by atoms with van der Waals surface area (Å²) >= 11 is 0. The fraction of sp³-hybridized carbons (Fsp3) is 0.421. The quantitative estimate of drug-likeness (QED) is 0.317. The first-order valence-electron chi connectivity index (χ1n) is 5.54.